The van der Waals surface area contributed by atoms with Gasteiger partial charge >= 0.3 is 0 Å². The van der Waals surface area contributed by atoms with Gasteiger partial charge in [0.05, 0.1) is 13.2 Å². The molecule has 0 spiro atoms. The molecular weight excluding hydrogens is 499 g/mol. The molecule has 1 saturated heterocycles. The van der Waals surface area contributed by atoms with Crippen molar-refractivity contribution < 1.29 is 9.16 Å². The fourth-order valence-electron chi connectivity index (χ4n) is 5.36. The SMILES string of the molecule is C=CCC1(C#C[Si](C)(C)C)[C@H]([C@H](CCCCCCC)O[Si](C)(C)C(C)(C)C)CCN1c1ccc(OC)cc1. The molecule has 0 N–H and O–H groups in total. The zero-order valence-electron chi connectivity index (χ0n) is 26.4. The lowest BCUT2D eigenvalue weighted by Crippen LogP contribution is -2.54. The van der Waals surface area contributed by atoms with E-state index in [0.29, 0.717) is 5.92 Å². The van der Waals surface area contributed by atoms with Gasteiger partial charge in [0, 0.05) is 18.2 Å². The molecule has 1 fully saturated rings. The molecule has 5 heteroatoms. The summed E-state index contributed by atoms with van der Waals surface area (Å²) >= 11 is 0. The first-order valence-corrected chi connectivity index (χ1v) is 21.4. The van der Waals surface area contributed by atoms with E-state index in [2.05, 4.69) is 114 Å². The molecule has 0 aliphatic carbocycles. The Morgan fingerprint density at radius 3 is 2.24 bits per heavy atom. The number of benzene rings is 1. The molecule has 1 aliphatic rings. The average molecular weight is 556 g/mol. The van der Waals surface area contributed by atoms with E-state index in [9.17, 15) is 0 Å². The molecule has 214 valence electrons. The van der Waals surface area contributed by atoms with Crippen LogP contribution in [0.2, 0.25) is 37.8 Å². The number of hydrogen-bond acceptors (Lipinski definition) is 3. The first-order valence-electron chi connectivity index (χ1n) is 15.0. The Labute approximate surface area is 237 Å². The molecule has 1 unspecified atom stereocenters. The van der Waals surface area contributed by atoms with Crippen LogP contribution >= 0.6 is 0 Å². The lowest BCUT2D eigenvalue weighted by molar-refractivity contribution is 0.0871. The van der Waals surface area contributed by atoms with E-state index in [1.165, 1.54) is 37.8 Å². The predicted octanol–water partition coefficient (Wildman–Crippen LogP) is 9.47. The molecule has 3 nitrogen and oxygen atoms in total. The second-order valence-corrected chi connectivity index (χ2v) is 23.3. The first-order chi connectivity index (χ1) is 17.7. The second kappa shape index (κ2) is 13.7. The lowest BCUT2D eigenvalue weighted by atomic mass is 9.77. The summed E-state index contributed by atoms with van der Waals surface area (Å²) in [6.45, 7) is 26.5. The molecule has 38 heavy (non-hydrogen) atoms. The zero-order chi connectivity index (χ0) is 28.6. The van der Waals surface area contributed by atoms with Crippen LogP contribution in [0, 0.1) is 17.4 Å². The van der Waals surface area contributed by atoms with Crippen molar-refractivity contribution in [3.8, 4) is 17.2 Å². The highest BCUT2D eigenvalue weighted by Crippen LogP contribution is 2.47. The molecule has 1 aliphatic heterocycles. The van der Waals surface area contributed by atoms with Crippen molar-refractivity contribution in [1.29, 1.82) is 0 Å². The molecule has 0 saturated carbocycles. The third-order valence-corrected chi connectivity index (χ3v) is 13.9. The monoisotopic (exact) mass is 555 g/mol. The van der Waals surface area contributed by atoms with Crippen LogP contribution in [-0.2, 0) is 4.43 Å². The van der Waals surface area contributed by atoms with Crippen molar-refractivity contribution in [1.82, 2.24) is 0 Å². The maximum atomic E-state index is 7.35. The van der Waals surface area contributed by atoms with Crippen molar-refractivity contribution in [2.75, 3.05) is 18.6 Å². The lowest BCUT2D eigenvalue weighted by Gasteiger charge is -2.46. The van der Waals surface area contributed by atoms with E-state index >= 15 is 0 Å². The van der Waals surface area contributed by atoms with Gasteiger partial charge in [0.1, 0.15) is 19.4 Å². The van der Waals surface area contributed by atoms with Crippen molar-refractivity contribution in [3.05, 3.63) is 36.9 Å². The highest BCUT2D eigenvalue weighted by Gasteiger charge is 2.52. The van der Waals surface area contributed by atoms with Crippen molar-refractivity contribution in [3.63, 3.8) is 0 Å². The maximum Gasteiger partial charge on any atom is 0.192 e. The van der Waals surface area contributed by atoms with Crippen LogP contribution in [0.1, 0.15) is 79.1 Å². The van der Waals surface area contributed by atoms with E-state index in [0.717, 1.165) is 31.6 Å². The predicted molar refractivity (Wildman–Crippen MR) is 173 cm³/mol. The van der Waals surface area contributed by atoms with E-state index in [4.69, 9.17) is 9.16 Å². The number of unbranched alkanes of at least 4 members (excludes halogenated alkanes) is 4. The molecule has 0 aromatic heterocycles. The molecular formula is C33H57NO2Si2. The summed E-state index contributed by atoms with van der Waals surface area (Å²) in [6, 6.07) is 8.54. The minimum atomic E-state index is -1.97. The summed E-state index contributed by atoms with van der Waals surface area (Å²) in [5.74, 6) is 5.18. The molecule has 3 atom stereocenters. The van der Waals surface area contributed by atoms with Gasteiger partial charge in [-0.15, -0.1) is 12.1 Å². The van der Waals surface area contributed by atoms with E-state index < -0.39 is 16.4 Å². The molecule has 2 rings (SSSR count). The maximum absolute atomic E-state index is 7.35. The van der Waals surface area contributed by atoms with Crippen molar-refractivity contribution in [2.24, 2.45) is 5.92 Å². The second-order valence-electron chi connectivity index (χ2n) is 13.8. The Bertz CT molecular complexity index is 933. The Kier molecular flexibility index (Phi) is 11.8. The highest BCUT2D eigenvalue weighted by atomic mass is 28.4. The van der Waals surface area contributed by atoms with Crippen LogP contribution in [0.25, 0.3) is 0 Å². The fourth-order valence-corrected chi connectivity index (χ4v) is 7.34. The number of hydrogen-bond donors (Lipinski definition) is 0. The van der Waals surface area contributed by atoms with Crippen LogP contribution in [0.5, 0.6) is 5.75 Å². The van der Waals surface area contributed by atoms with Gasteiger partial charge in [-0.2, -0.15) is 0 Å². The molecule has 1 heterocycles. The minimum absolute atomic E-state index is 0.173. The third-order valence-electron chi connectivity index (χ3n) is 8.55. The molecule has 0 amide bonds. The molecule has 0 bridgehead atoms. The number of nitrogens with zero attached hydrogens (tertiary/aromatic N) is 1. The summed E-state index contributed by atoms with van der Waals surface area (Å²) in [6.07, 6.45) is 11.8. The Morgan fingerprint density at radius 1 is 1.08 bits per heavy atom. The largest absolute Gasteiger partial charge is 0.497 e. The average Bonchev–Trinajstić information content (AvgIpc) is 3.20. The number of ether oxygens (including phenoxy) is 1. The van der Waals surface area contributed by atoms with Crippen LogP contribution in [0.4, 0.5) is 5.69 Å². The first kappa shape index (κ1) is 32.7. The molecule has 1 aromatic rings. The highest BCUT2D eigenvalue weighted by molar-refractivity contribution is 6.83. The smallest absolute Gasteiger partial charge is 0.192 e. The summed E-state index contributed by atoms with van der Waals surface area (Å²) in [7, 11) is -1.84. The minimum Gasteiger partial charge on any atom is -0.497 e. The normalized spacial score (nSPS) is 21.1. The molecule has 1 aromatic carbocycles. The Morgan fingerprint density at radius 2 is 1.71 bits per heavy atom. The fraction of sp³-hybridized carbons (Fsp3) is 0.697. The standard InChI is InChI=1S/C33H57NO2Si2/c1-12-14-15-16-17-18-31(36-38(10,11)32(3,4)5)30-23-26-34(28-19-21-29(35-6)22-20-28)33(30,24-13-2)25-27-37(7,8)9/h13,19-22,30-31H,2,12,14-18,23-24,26H2,1,3-11H3/t30-,31-,33?/m0/s1. The summed E-state index contributed by atoms with van der Waals surface area (Å²) in [4.78, 5) is 2.57. The Hall–Kier alpha value is -1.49. The zero-order valence-corrected chi connectivity index (χ0v) is 28.4. The van der Waals surface area contributed by atoms with Gasteiger partial charge in [0.2, 0.25) is 0 Å². The third kappa shape index (κ3) is 8.50. The van der Waals surface area contributed by atoms with E-state index in [-0.39, 0.29) is 16.7 Å². The van der Waals surface area contributed by atoms with Crippen LogP contribution < -0.4 is 9.64 Å². The quantitative estimate of drug-likeness (QED) is 0.105. The van der Waals surface area contributed by atoms with Crippen molar-refractivity contribution >= 4 is 22.1 Å². The van der Waals surface area contributed by atoms with Gasteiger partial charge in [-0.3, -0.25) is 0 Å². The van der Waals surface area contributed by atoms with Gasteiger partial charge in [0.25, 0.3) is 0 Å². The van der Waals surface area contributed by atoms with Gasteiger partial charge in [-0.1, -0.05) is 91.4 Å². The van der Waals surface area contributed by atoms with Gasteiger partial charge < -0.3 is 14.1 Å². The number of rotatable bonds is 13. The van der Waals surface area contributed by atoms with Gasteiger partial charge in [0.15, 0.2) is 8.32 Å². The summed E-state index contributed by atoms with van der Waals surface area (Å²) < 4.78 is 12.8. The Balaban J connectivity index is 2.60. The van der Waals surface area contributed by atoms with E-state index in [1.807, 2.05) is 0 Å². The van der Waals surface area contributed by atoms with Crippen LogP contribution in [0.15, 0.2) is 36.9 Å². The number of methoxy groups -OCH3 is 1. The number of anilines is 1. The van der Waals surface area contributed by atoms with Gasteiger partial charge in [-0.25, -0.2) is 0 Å². The van der Waals surface area contributed by atoms with Gasteiger partial charge in [-0.05, 0) is 61.7 Å². The van der Waals surface area contributed by atoms with Crippen LogP contribution in [-0.4, -0.2) is 41.7 Å². The van der Waals surface area contributed by atoms with Crippen LogP contribution in [0.3, 0.4) is 0 Å². The topological polar surface area (TPSA) is 21.7 Å². The van der Waals surface area contributed by atoms with E-state index in [1.54, 1.807) is 7.11 Å². The van der Waals surface area contributed by atoms with Crippen molar-refractivity contribution in [2.45, 2.75) is 128 Å². The summed E-state index contributed by atoms with van der Waals surface area (Å²) in [5.41, 5.74) is 4.71. The summed E-state index contributed by atoms with van der Waals surface area (Å²) in [5, 5.41) is 0.173. The molecule has 0 radical (unpaired) electrons.